The Hall–Kier alpha value is -2.60. The van der Waals surface area contributed by atoms with Crippen molar-refractivity contribution < 1.29 is 14.0 Å². The number of rotatable bonds is 4. The van der Waals surface area contributed by atoms with Gasteiger partial charge in [0.25, 0.3) is 5.91 Å². The van der Waals surface area contributed by atoms with Gasteiger partial charge in [-0.3, -0.25) is 9.59 Å². The second kappa shape index (κ2) is 8.39. The highest BCUT2D eigenvalue weighted by Gasteiger charge is 2.26. The Balaban J connectivity index is 1.54. The van der Waals surface area contributed by atoms with Crippen LogP contribution in [-0.4, -0.2) is 48.9 Å². The molecule has 1 saturated heterocycles. The van der Waals surface area contributed by atoms with Crippen LogP contribution in [0.4, 0.5) is 10.1 Å². The van der Waals surface area contributed by atoms with E-state index in [1.54, 1.807) is 54.3 Å². The van der Waals surface area contributed by atoms with E-state index in [0.29, 0.717) is 42.5 Å². The number of nitrogens with one attached hydrogen (secondary N) is 1. The first kappa shape index (κ1) is 19.2. The zero-order valence-corrected chi connectivity index (χ0v) is 15.7. The number of carbonyl (C=O) groups is 2. The molecular formula is C20H21ClFN3O2. The molecule has 1 aliphatic rings. The van der Waals surface area contributed by atoms with Crippen molar-refractivity contribution in [2.45, 2.75) is 13.0 Å². The fourth-order valence-electron chi connectivity index (χ4n) is 3.09. The Morgan fingerprint density at radius 2 is 1.67 bits per heavy atom. The fourth-order valence-corrected chi connectivity index (χ4v) is 3.22. The number of anilines is 1. The second-order valence-electron chi connectivity index (χ2n) is 6.47. The number of piperazine rings is 1. The van der Waals surface area contributed by atoms with Crippen LogP contribution in [0.1, 0.15) is 17.3 Å². The number of amides is 2. The molecule has 0 saturated carbocycles. The van der Waals surface area contributed by atoms with Gasteiger partial charge in [-0.05, 0) is 43.3 Å². The zero-order valence-electron chi connectivity index (χ0n) is 15.0. The molecule has 1 fully saturated rings. The SMILES string of the molecule is CC(NC(=O)c1ccc(Cl)cc1)C(=O)N1CCN(c2ccccc2F)CC1. The number of hydrogen-bond acceptors (Lipinski definition) is 3. The number of para-hydroxylation sites is 1. The van der Waals surface area contributed by atoms with Crippen LogP contribution >= 0.6 is 11.6 Å². The average Bonchev–Trinajstić information content (AvgIpc) is 2.68. The van der Waals surface area contributed by atoms with E-state index in [2.05, 4.69) is 5.32 Å². The molecule has 0 aromatic heterocycles. The summed E-state index contributed by atoms with van der Waals surface area (Å²) < 4.78 is 13.9. The number of hydrogen-bond donors (Lipinski definition) is 1. The molecule has 0 radical (unpaired) electrons. The number of nitrogens with zero attached hydrogens (tertiary/aromatic N) is 2. The molecule has 3 rings (SSSR count). The van der Waals surface area contributed by atoms with Gasteiger partial charge >= 0.3 is 0 Å². The quantitative estimate of drug-likeness (QED) is 0.874. The van der Waals surface area contributed by atoms with E-state index < -0.39 is 6.04 Å². The molecule has 27 heavy (non-hydrogen) atoms. The minimum atomic E-state index is -0.645. The van der Waals surface area contributed by atoms with E-state index in [-0.39, 0.29) is 17.6 Å². The van der Waals surface area contributed by atoms with Gasteiger partial charge in [-0.15, -0.1) is 0 Å². The molecule has 2 aromatic carbocycles. The summed E-state index contributed by atoms with van der Waals surface area (Å²) in [4.78, 5) is 28.5. The largest absolute Gasteiger partial charge is 0.366 e. The zero-order chi connectivity index (χ0) is 19.4. The van der Waals surface area contributed by atoms with Crippen LogP contribution in [0.15, 0.2) is 48.5 Å². The maximum absolute atomic E-state index is 13.9. The van der Waals surface area contributed by atoms with Crippen LogP contribution < -0.4 is 10.2 Å². The summed E-state index contributed by atoms with van der Waals surface area (Å²) in [5.41, 5.74) is 0.997. The van der Waals surface area contributed by atoms with Gasteiger partial charge in [0.05, 0.1) is 5.69 Å². The molecule has 1 aliphatic heterocycles. The maximum atomic E-state index is 13.9. The standard InChI is InChI=1S/C20H21ClFN3O2/c1-14(23-19(26)15-6-8-16(21)9-7-15)20(27)25-12-10-24(11-13-25)18-5-3-2-4-17(18)22/h2-9,14H,10-13H2,1H3,(H,23,26). The van der Waals surface area contributed by atoms with Crippen molar-refractivity contribution in [2.24, 2.45) is 0 Å². The van der Waals surface area contributed by atoms with Crippen molar-refractivity contribution in [1.82, 2.24) is 10.2 Å². The number of carbonyl (C=O) groups excluding carboxylic acids is 2. The molecule has 2 amide bonds. The highest BCUT2D eigenvalue weighted by atomic mass is 35.5. The van der Waals surface area contributed by atoms with Crippen molar-refractivity contribution in [3.63, 3.8) is 0 Å². The van der Waals surface area contributed by atoms with Crippen molar-refractivity contribution >= 4 is 29.1 Å². The maximum Gasteiger partial charge on any atom is 0.251 e. The lowest BCUT2D eigenvalue weighted by atomic mass is 10.1. The highest BCUT2D eigenvalue weighted by Crippen LogP contribution is 2.20. The van der Waals surface area contributed by atoms with Gasteiger partial charge in [-0.25, -0.2) is 4.39 Å². The molecule has 2 aromatic rings. The second-order valence-corrected chi connectivity index (χ2v) is 6.90. The molecule has 0 bridgehead atoms. The summed E-state index contributed by atoms with van der Waals surface area (Å²) >= 11 is 5.82. The van der Waals surface area contributed by atoms with E-state index in [1.807, 2.05) is 4.90 Å². The van der Waals surface area contributed by atoms with Gasteiger partial charge in [0, 0.05) is 36.8 Å². The third kappa shape index (κ3) is 4.57. The Labute approximate surface area is 162 Å². The van der Waals surface area contributed by atoms with Crippen LogP contribution in [0.25, 0.3) is 0 Å². The van der Waals surface area contributed by atoms with Gasteiger partial charge in [0.2, 0.25) is 5.91 Å². The van der Waals surface area contributed by atoms with Crippen LogP contribution in [0.2, 0.25) is 5.02 Å². The van der Waals surface area contributed by atoms with E-state index in [0.717, 1.165) is 0 Å². The minimum absolute atomic E-state index is 0.148. The average molecular weight is 390 g/mol. The Morgan fingerprint density at radius 3 is 2.30 bits per heavy atom. The topological polar surface area (TPSA) is 52.7 Å². The normalized spacial score (nSPS) is 15.4. The summed E-state index contributed by atoms with van der Waals surface area (Å²) in [6, 6.07) is 12.5. The predicted molar refractivity (Wildman–Crippen MR) is 104 cm³/mol. The van der Waals surface area contributed by atoms with Crippen molar-refractivity contribution in [3.05, 3.63) is 64.9 Å². The van der Waals surface area contributed by atoms with Crippen molar-refractivity contribution in [2.75, 3.05) is 31.1 Å². The summed E-state index contributed by atoms with van der Waals surface area (Å²) in [5.74, 6) is -0.733. The summed E-state index contributed by atoms with van der Waals surface area (Å²) in [7, 11) is 0. The first-order chi connectivity index (χ1) is 13.0. The van der Waals surface area contributed by atoms with Crippen LogP contribution in [0.5, 0.6) is 0 Å². The Morgan fingerprint density at radius 1 is 1.04 bits per heavy atom. The van der Waals surface area contributed by atoms with Gasteiger partial charge < -0.3 is 15.1 Å². The molecule has 1 N–H and O–H groups in total. The van der Waals surface area contributed by atoms with Gasteiger partial charge in [-0.1, -0.05) is 23.7 Å². The lowest BCUT2D eigenvalue weighted by molar-refractivity contribution is -0.133. The molecule has 7 heteroatoms. The highest BCUT2D eigenvalue weighted by molar-refractivity contribution is 6.30. The molecule has 5 nitrogen and oxygen atoms in total. The first-order valence-corrected chi connectivity index (χ1v) is 9.18. The lowest BCUT2D eigenvalue weighted by Crippen LogP contribution is -2.54. The molecule has 0 aliphatic carbocycles. The van der Waals surface area contributed by atoms with Crippen LogP contribution in [-0.2, 0) is 4.79 Å². The van der Waals surface area contributed by atoms with Crippen molar-refractivity contribution in [1.29, 1.82) is 0 Å². The lowest BCUT2D eigenvalue weighted by Gasteiger charge is -2.37. The first-order valence-electron chi connectivity index (χ1n) is 8.80. The molecule has 1 atom stereocenters. The van der Waals surface area contributed by atoms with Gasteiger partial charge in [-0.2, -0.15) is 0 Å². The van der Waals surface area contributed by atoms with Crippen LogP contribution in [0.3, 0.4) is 0 Å². The Kier molecular flexibility index (Phi) is 5.96. The fraction of sp³-hybridized carbons (Fsp3) is 0.300. The molecular weight excluding hydrogens is 369 g/mol. The van der Waals surface area contributed by atoms with Gasteiger partial charge in [0.1, 0.15) is 11.9 Å². The predicted octanol–water partition coefficient (Wildman–Crippen LogP) is 2.95. The van der Waals surface area contributed by atoms with Crippen molar-refractivity contribution in [3.8, 4) is 0 Å². The number of benzene rings is 2. The third-order valence-corrected chi connectivity index (χ3v) is 4.86. The summed E-state index contributed by atoms with van der Waals surface area (Å²) in [6.07, 6.45) is 0. The summed E-state index contributed by atoms with van der Waals surface area (Å²) in [5, 5.41) is 3.26. The molecule has 0 spiro atoms. The number of halogens is 2. The minimum Gasteiger partial charge on any atom is -0.366 e. The third-order valence-electron chi connectivity index (χ3n) is 4.61. The molecule has 1 unspecified atom stereocenters. The van der Waals surface area contributed by atoms with Gasteiger partial charge in [0.15, 0.2) is 0 Å². The van der Waals surface area contributed by atoms with E-state index in [1.165, 1.54) is 6.07 Å². The van der Waals surface area contributed by atoms with Crippen LogP contribution in [0, 0.1) is 5.82 Å². The Bertz CT molecular complexity index is 820. The van der Waals surface area contributed by atoms with E-state index in [9.17, 15) is 14.0 Å². The van der Waals surface area contributed by atoms with E-state index >= 15 is 0 Å². The summed E-state index contributed by atoms with van der Waals surface area (Å²) in [6.45, 7) is 3.72. The molecule has 142 valence electrons. The smallest absolute Gasteiger partial charge is 0.251 e. The van der Waals surface area contributed by atoms with E-state index in [4.69, 9.17) is 11.6 Å². The monoisotopic (exact) mass is 389 g/mol. The molecule has 1 heterocycles.